The van der Waals surface area contributed by atoms with Gasteiger partial charge in [0.05, 0.1) is 19.3 Å². The smallest absolute Gasteiger partial charge is 0.363 e. The molecule has 34 heavy (non-hydrogen) atoms. The Labute approximate surface area is 204 Å². The van der Waals surface area contributed by atoms with Crippen molar-refractivity contribution < 1.29 is 28.5 Å². The molecule has 4 rings (SSSR count). The van der Waals surface area contributed by atoms with E-state index in [4.69, 9.17) is 18.9 Å². The highest BCUT2D eigenvalue weighted by Crippen LogP contribution is 2.31. The van der Waals surface area contributed by atoms with E-state index in [1.54, 1.807) is 66.7 Å². The molecule has 7 nitrogen and oxygen atoms in total. The Kier molecular flexibility index (Phi) is 7.08. The minimum atomic E-state index is -0.563. The van der Waals surface area contributed by atoms with Crippen LogP contribution in [0.25, 0.3) is 6.08 Å². The zero-order valence-corrected chi connectivity index (χ0v) is 20.0. The number of aliphatic imine (C=N–C) groups is 1. The van der Waals surface area contributed by atoms with Crippen LogP contribution in [0.15, 0.2) is 81.9 Å². The molecule has 0 amide bonds. The first-order valence-electron chi connectivity index (χ1n) is 10.4. The minimum absolute atomic E-state index is 0.142. The molecule has 0 bridgehead atoms. The maximum Gasteiger partial charge on any atom is 0.363 e. The summed E-state index contributed by atoms with van der Waals surface area (Å²) >= 11 is 3.34. The monoisotopic (exact) mass is 521 g/mol. The number of cyclic esters (lactones) is 1. The predicted molar refractivity (Wildman–Crippen MR) is 130 cm³/mol. The van der Waals surface area contributed by atoms with Crippen molar-refractivity contribution in [2.75, 3.05) is 13.7 Å². The van der Waals surface area contributed by atoms with Crippen LogP contribution in [0, 0.1) is 0 Å². The molecule has 0 saturated carbocycles. The van der Waals surface area contributed by atoms with Gasteiger partial charge in [0.2, 0.25) is 5.90 Å². The molecule has 0 fully saturated rings. The third kappa shape index (κ3) is 5.18. The van der Waals surface area contributed by atoms with E-state index in [1.807, 2.05) is 13.0 Å². The number of carbonyl (C=O) groups is 2. The van der Waals surface area contributed by atoms with Gasteiger partial charge in [-0.05, 0) is 83.0 Å². The molecule has 0 unspecified atom stereocenters. The standard InChI is InChI=1S/C26H20BrNO6/c1-3-32-18-11-9-17(10-12-18)24-28-21(26(30)34-24)14-16-8-13-22(23(15-16)31-2)33-25(29)19-6-4-5-7-20(19)27/h4-15H,3H2,1-2H3/b21-14-. The van der Waals surface area contributed by atoms with E-state index in [9.17, 15) is 9.59 Å². The van der Waals surface area contributed by atoms with Crippen molar-refractivity contribution in [1.82, 2.24) is 0 Å². The number of esters is 2. The lowest BCUT2D eigenvalue weighted by atomic mass is 10.1. The summed E-state index contributed by atoms with van der Waals surface area (Å²) < 4.78 is 22.3. The van der Waals surface area contributed by atoms with Gasteiger partial charge in [-0.15, -0.1) is 0 Å². The van der Waals surface area contributed by atoms with Gasteiger partial charge in [-0.25, -0.2) is 14.6 Å². The second kappa shape index (κ2) is 10.4. The maximum absolute atomic E-state index is 12.5. The number of hydrogen-bond acceptors (Lipinski definition) is 7. The van der Waals surface area contributed by atoms with Crippen molar-refractivity contribution in [3.63, 3.8) is 0 Å². The third-order valence-corrected chi connectivity index (χ3v) is 5.51. The first kappa shape index (κ1) is 23.3. The summed E-state index contributed by atoms with van der Waals surface area (Å²) in [6.07, 6.45) is 1.58. The van der Waals surface area contributed by atoms with Crippen LogP contribution >= 0.6 is 15.9 Å². The van der Waals surface area contributed by atoms with E-state index in [-0.39, 0.29) is 17.3 Å². The second-order valence-electron chi connectivity index (χ2n) is 7.07. The predicted octanol–water partition coefficient (Wildman–Crippen LogP) is 5.42. The van der Waals surface area contributed by atoms with E-state index >= 15 is 0 Å². The Morgan fingerprint density at radius 3 is 2.53 bits per heavy atom. The van der Waals surface area contributed by atoms with Gasteiger partial charge in [-0.3, -0.25) is 0 Å². The fraction of sp³-hybridized carbons (Fsp3) is 0.115. The molecule has 0 N–H and O–H groups in total. The summed E-state index contributed by atoms with van der Waals surface area (Å²) in [5, 5.41) is 0. The number of ether oxygens (including phenoxy) is 4. The lowest BCUT2D eigenvalue weighted by Crippen LogP contribution is -2.10. The maximum atomic E-state index is 12.5. The average Bonchev–Trinajstić information content (AvgIpc) is 3.21. The molecule has 0 atom stereocenters. The van der Waals surface area contributed by atoms with Gasteiger partial charge in [0.15, 0.2) is 17.2 Å². The molecule has 8 heteroatoms. The molecule has 0 radical (unpaired) electrons. The van der Waals surface area contributed by atoms with Crippen LogP contribution in [0.1, 0.15) is 28.4 Å². The normalized spacial score (nSPS) is 13.9. The van der Waals surface area contributed by atoms with Crippen molar-refractivity contribution in [2.24, 2.45) is 4.99 Å². The van der Waals surface area contributed by atoms with Gasteiger partial charge in [-0.1, -0.05) is 18.2 Å². The van der Waals surface area contributed by atoms with Crippen LogP contribution in [0.5, 0.6) is 17.2 Å². The fourth-order valence-electron chi connectivity index (χ4n) is 3.19. The molecule has 3 aromatic rings. The Balaban J connectivity index is 1.55. The summed E-state index contributed by atoms with van der Waals surface area (Å²) in [5.74, 6) is 0.424. The lowest BCUT2D eigenvalue weighted by molar-refractivity contribution is -0.129. The van der Waals surface area contributed by atoms with Crippen molar-refractivity contribution in [2.45, 2.75) is 6.92 Å². The summed E-state index contributed by atoms with van der Waals surface area (Å²) in [6, 6.07) is 19.0. The van der Waals surface area contributed by atoms with Crippen LogP contribution in [-0.4, -0.2) is 31.6 Å². The molecule has 172 valence electrons. The molecule has 1 aliphatic rings. The molecule has 1 aliphatic heterocycles. The number of methoxy groups -OCH3 is 1. The zero-order chi connectivity index (χ0) is 24.1. The number of nitrogens with zero attached hydrogens (tertiary/aromatic N) is 1. The minimum Gasteiger partial charge on any atom is -0.494 e. The molecule has 0 aromatic heterocycles. The molecular weight excluding hydrogens is 502 g/mol. The highest BCUT2D eigenvalue weighted by Gasteiger charge is 2.24. The number of hydrogen-bond donors (Lipinski definition) is 0. The average molecular weight is 522 g/mol. The first-order valence-corrected chi connectivity index (χ1v) is 11.2. The van der Waals surface area contributed by atoms with Crippen LogP contribution in [-0.2, 0) is 9.53 Å². The Morgan fingerprint density at radius 1 is 1.06 bits per heavy atom. The second-order valence-corrected chi connectivity index (χ2v) is 7.93. The molecule has 3 aromatic carbocycles. The first-order chi connectivity index (χ1) is 16.5. The van der Waals surface area contributed by atoms with Crippen molar-refractivity contribution >= 4 is 39.8 Å². The van der Waals surface area contributed by atoms with E-state index < -0.39 is 11.9 Å². The van der Waals surface area contributed by atoms with Crippen molar-refractivity contribution in [3.8, 4) is 17.2 Å². The zero-order valence-electron chi connectivity index (χ0n) is 18.4. The van der Waals surface area contributed by atoms with Gasteiger partial charge in [0, 0.05) is 10.0 Å². The van der Waals surface area contributed by atoms with Crippen LogP contribution < -0.4 is 14.2 Å². The number of benzene rings is 3. The summed E-state index contributed by atoms with van der Waals surface area (Å²) in [4.78, 5) is 29.2. The Bertz CT molecular complexity index is 1300. The summed E-state index contributed by atoms with van der Waals surface area (Å²) in [7, 11) is 1.47. The molecule has 0 spiro atoms. The highest BCUT2D eigenvalue weighted by atomic mass is 79.9. The van der Waals surface area contributed by atoms with Crippen LogP contribution in [0.4, 0.5) is 0 Å². The Morgan fingerprint density at radius 2 is 1.82 bits per heavy atom. The molecule has 0 aliphatic carbocycles. The Hall–Kier alpha value is -3.91. The lowest BCUT2D eigenvalue weighted by Gasteiger charge is -2.10. The third-order valence-electron chi connectivity index (χ3n) is 4.82. The topological polar surface area (TPSA) is 83.4 Å². The largest absolute Gasteiger partial charge is 0.494 e. The quantitative estimate of drug-likeness (QED) is 0.234. The van der Waals surface area contributed by atoms with Crippen LogP contribution in [0.3, 0.4) is 0 Å². The van der Waals surface area contributed by atoms with Gasteiger partial charge in [0.25, 0.3) is 0 Å². The molecule has 0 saturated heterocycles. The highest BCUT2D eigenvalue weighted by molar-refractivity contribution is 9.10. The summed E-state index contributed by atoms with van der Waals surface area (Å²) in [6.45, 7) is 2.47. The van der Waals surface area contributed by atoms with E-state index in [0.717, 1.165) is 5.75 Å². The van der Waals surface area contributed by atoms with Gasteiger partial charge >= 0.3 is 11.9 Å². The van der Waals surface area contributed by atoms with E-state index in [2.05, 4.69) is 20.9 Å². The summed E-state index contributed by atoms with van der Waals surface area (Å²) in [5.41, 5.74) is 1.82. The number of rotatable bonds is 7. The van der Waals surface area contributed by atoms with Crippen LogP contribution in [0.2, 0.25) is 0 Å². The van der Waals surface area contributed by atoms with Crippen molar-refractivity contribution in [1.29, 1.82) is 0 Å². The van der Waals surface area contributed by atoms with E-state index in [0.29, 0.717) is 33.5 Å². The van der Waals surface area contributed by atoms with Crippen molar-refractivity contribution in [3.05, 3.63) is 93.6 Å². The number of carbonyl (C=O) groups excluding carboxylic acids is 2. The fourth-order valence-corrected chi connectivity index (χ4v) is 3.64. The van der Waals surface area contributed by atoms with E-state index in [1.165, 1.54) is 7.11 Å². The molecular formula is C26H20BrNO6. The van der Waals surface area contributed by atoms with Gasteiger partial charge in [-0.2, -0.15) is 0 Å². The van der Waals surface area contributed by atoms with Gasteiger partial charge < -0.3 is 18.9 Å². The molecule has 1 heterocycles. The SMILES string of the molecule is CCOc1ccc(C2=N/C(=C\c3ccc(OC(=O)c4ccccc4Br)c(OC)c3)C(=O)O2)cc1. The number of halogens is 1. The van der Waals surface area contributed by atoms with Gasteiger partial charge in [0.1, 0.15) is 5.75 Å².